The van der Waals surface area contributed by atoms with Crippen molar-refractivity contribution < 1.29 is 4.79 Å². The smallest absolute Gasteiger partial charge is 0.251 e. The number of hydrogen-bond donors (Lipinski definition) is 3. The van der Waals surface area contributed by atoms with E-state index < -0.39 is 0 Å². The maximum atomic E-state index is 11.6. The Bertz CT molecular complexity index is 431. The molecule has 1 aromatic rings. The fraction of sp³-hybridized carbons (Fsp3) is 0.462. The lowest BCUT2D eigenvalue weighted by Crippen LogP contribution is -2.22. The summed E-state index contributed by atoms with van der Waals surface area (Å²) in [5, 5.41) is 6.13. The number of nitrogen functional groups attached to an aromatic ring is 1. The van der Waals surface area contributed by atoms with E-state index in [1.165, 1.54) is 6.42 Å². The van der Waals surface area contributed by atoms with Gasteiger partial charge < -0.3 is 16.4 Å². The molecule has 1 fully saturated rings. The third kappa shape index (κ3) is 2.70. The highest BCUT2D eigenvalue weighted by atomic mass is 16.1. The molecule has 0 spiro atoms. The number of benzene rings is 1. The summed E-state index contributed by atoms with van der Waals surface area (Å²) in [5.74, 6) is 0.642. The minimum atomic E-state index is -0.0782. The van der Waals surface area contributed by atoms with E-state index in [2.05, 4.69) is 17.6 Å². The summed E-state index contributed by atoms with van der Waals surface area (Å²) in [6, 6.07) is 5.94. The van der Waals surface area contributed by atoms with Crippen LogP contribution in [0, 0.1) is 5.92 Å². The van der Waals surface area contributed by atoms with Crippen LogP contribution in [0.4, 0.5) is 11.4 Å². The molecule has 17 heavy (non-hydrogen) atoms. The van der Waals surface area contributed by atoms with E-state index in [0.717, 1.165) is 11.6 Å². The molecule has 2 atom stereocenters. The van der Waals surface area contributed by atoms with Gasteiger partial charge in [-0.15, -0.1) is 0 Å². The highest BCUT2D eigenvalue weighted by Crippen LogP contribution is 2.34. The maximum absolute atomic E-state index is 11.6. The number of carbonyl (C=O) groups is 1. The Kier molecular flexibility index (Phi) is 3.22. The van der Waals surface area contributed by atoms with E-state index in [4.69, 9.17) is 5.73 Å². The van der Waals surface area contributed by atoms with Gasteiger partial charge in [-0.3, -0.25) is 4.79 Å². The molecule has 1 aliphatic rings. The Labute approximate surface area is 102 Å². The van der Waals surface area contributed by atoms with Crippen LogP contribution in [0.5, 0.6) is 0 Å². The predicted octanol–water partition coefficient (Wildman–Crippen LogP) is 1.84. The van der Waals surface area contributed by atoms with Crippen molar-refractivity contribution in [2.45, 2.75) is 26.3 Å². The monoisotopic (exact) mass is 233 g/mol. The van der Waals surface area contributed by atoms with Crippen molar-refractivity contribution in [2.24, 2.45) is 5.92 Å². The molecule has 0 aliphatic heterocycles. The van der Waals surface area contributed by atoms with Crippen LogP contribution in [0.3, 0.4) is 0 Å². The van der Waals surface area contributed by atoms with Gasteiger partial charge in [-0.2, -0.15) is 0 Å². The summed E-state index contributed by atoms with van der Waals surface area (Å²) in [5.41, 5.74) is 8.10. The second kappa shape index (κ2) is 4.65. The van der Waals surface area contributed by atoms with Gasteiger partial charge in [-0.05, 0) is 37.5 Å². The molecular formula is C13H19N3O. The first-order valence-electron chi connectivity index (χ1n) is 6.06. The number of carbonyl (C=O) groups excluding carboxylic acids is 1. The van der Waals surface area contributed by atoms with E-state index in [1.807, 2.05) is 13.0 Å². The Morgan fingerprint density at radius 2 is 2.24 bits per heavy atom. The van der Waals surface area contributed by atoms with Gasteiger partial charge in [0.1, 0.15) is 0 Å². The molecule has 1 saturated carbocycles. The predicted molar refractivity (Wildman–Crippen MR) is 70.1 cm³/mol. The summed E-state index contributed by atoms with van der Waals surface area (Å²) in [6.07, 6.45) is 1.19. The molecule has 2 unspecified atom stereocenters. The van der Waals surface area contributed by atoms with E-state index in [0.29, 0.717) is 23.8 Å². The molecular weight excluding hydrogens is 214 g/mol. The summed E-state index contributed by atoms with van der Waals surface area (Å²) in [6.45, 7) is 4.72. The molecule has 1 aliphatic carbocycles. The topological polar surface area (TPSA) is 67.2 Å². The molecule has 1 amide bonds. The average Bonchev–Trinajstić information content (AvgIpc) is 2.97. The molecule has 2 rings (SSSR count). The van der Waals surface area contributed by atoms with Crippen molar-refractivity contribution in [2.75, 3.05) is 17.6 Å². The van der Waals surface area contributed by atoms with Crippen molar-refractivity contribution in [3.63, 3.8) is 0 Å². The Balaban J connectivity index is 2.08. The molecule has 0 radical (unpaired) electrons. The standard InChI is InChI=1S/C13H19N3O/c1-3-15-13(17)9-4-5-11(10(14)7-9)16-12-6-8(12)2/h4-5,7-8,12,16H,3,6,14H2,1-2H3,(H,15,17). The van der Waals surface area contributed by atoms with Crippen LogP contribution in [0.25, 0.3) is 0 Å². The van der Waals surface area contributed by atoms with Gasteiger partial charge in [0.15, 0.2) is 0 Å². The van der Waals surface area contributed by atoms with Crippen LogP contribution in [0.1, 0.15) is 30.6 Å². The van der Waals surface area contributed by atoms with Gasteiger partial charge in [0, 0.05) is 18.2 Å². The molecule has 4 N–H and O–H groups in total. The Morgan fingerprint density at radius 3 is 2.76 bits per heavy atom. The quantitative estimate of drug-likeness (QED) is 0.695. The van der Waals surface area contributed by atoms with Gasteiger partial charge in [0.2, 0.25) is 0 Å². The number of nitrogens with two attached hydrogens (primary N) is 1. The summed E-state index contributed by atoms with van der Waals surface area (Å²) >= 11 is 0. The Hall–Kier alpha value is -1.71. The van der Waals surface area contributed by atoms with Crippen molar-refractivity contribution in [1.29, 1.82) is 0 Å². The van der Waals surface area contributed by atoms with Gasteiger partial charge in [0.05, 0.1) is 11.4 Å². The van der Waals surface area contributed by atoms with Crippen LogP contribution in [-0.2, 0) is 0 Å². The number of nitrogens with one attached hydrogen (secondary N) is 2. The van der Waals surface area contributed by atoms with Crippen LogP contribution in [-0.4, -0.2) is 18.5 Å². The van der Waals surface area contributed by atoms with E-state index >= 15 is 0 Å². The zero-order valence-corrected chi connectivity index (χ0v) is 10.3. The second-order valence-electron chi connectivity index (χ2n) is 4.63. The lowest BCUT2D eigenvalue weighted by atomic mass is 10.1. The van der Waals surface area contributed by atoms with Crippen LogP contribution in [0.2, 0.25) is 0 Å². The molecule has 0 heterocycles. The minimum absolute atomic E-state index is 0.0782. The van der Waals surface area contributed by atoms with Crippen molar-refractivity contribution in [1.82, 2.24) is 5.32 Å². The highest BCUT2D eigenvalue weighted by molar-refractivity contribution is 5.96. The maximum Gasteiger partial charge on any atom is 0.251 e. The van der Waals surface area contributed by atoms with Gasteiger partial charge in [-0.25, -0.2) is 0 Å². The molecule has 4 nitrogen and oxygen atoms in total. The molecule has 92 valence electrons. The lowest BCUT2D eigenvalue weighted by Gasteiger charge is -2.10. The zero-order valence-electron chi connectivity index (χ0n) is 10.3. The first-order valence-corrected chi connectivity index (χ1v) is 6.06. The third-order valence-electron chi connectivity index (χ3n) is 3.10. The van der Waals surface area contributed by atoms with E-state index in [-0.39, 0.29) is 5.91 Å². The van der Waals surface area contributed by atoms with Gasteiger partial charge in [-0.1, -0.05) is 6.92 Å². The minimum Gasteiger partial charge on any atom is -0.397 e. The van der Waals surface area contributed by atoms with Crippen molar-refractivity contribution in [3.8, 4) is 0 Å². The highest BCUT2D eigenvalue weighted by Gasteiger charge is 2.32. The summed E-state index contributed by atoms with van der Waals surface area (Å²) in [4.78, 5) is 11.6. The van der Waals surface area contributed by atoms with Gasteiger partial charge >= 0.3 is 0 Å². The fourth-order valence-electron chi connectivity index (χ4n) is 1.82. The Morgan fingerprint density at radius 1 is 1.53 bits per heavy atom. The van der Waals surface area contributed by atoms with Crippen molar-refractivity contribution in [3.05, 3.63) is 23.8 Å². The molecule has 0 aromatic heterocycles. The first-order chi connectivity index (χ1) is 8.11. The third-order valence-corrected chi connectivity index (χ3v) is 3.10. The molecule has 1 aromatic carbocycles. The second-order valence-corrected chi connectivity index (χ2v) is 4.63. The number of amides is 1. The van der Waals surface area contributed by atoms with Gasteiger partial charge in [0.25, 0.3) is 5.91 Å². The molecule has 0 saturated heterocycles. The summed E-state index contributed by atoms with van der Waals surface area (Å²) in [7, 11) is 0. The zero-order chi connectivity index (χ0) is 12.4. The largest absolute Gasteiger partial charge is 0.397 e. The van der Waals surface area contributed by atoms with Crippen molar-refractivity contribution >= 4 is 17.3 Å². The summed E-state index contributed by atoms with van der Waals surface area (Å²) < 4.78 is 0. The number of rotatable bonds is 4. The van der Waals surface area contributed by atoms with Crippen LogP contribution in [0.15, 0.2) is 18.2 Å². The molecule has 0 bridgehead atoms. The van der Waals surface area contributed by atoms with E-state index in [9.17, 15) is 4.79 Å². The van der Waals surface area contributed by atoms with Crippen LogP contribution >= 0.6 is 0 Å². The number of hydrogen-bond acceptors (Lipinski definition) is 3. The lowest BCUT2D eigenvalue weighted by molar-refractivity contribution is 0.0956. The average molecular weight is 233 g/mol. The SMILES string of the molecule is CCNC(=O)c1ccc(NC2CC2C)c(N)c1. The van der Waals surface area contributed by atoms with E-state index in [1.54, 1.807) is 12.1 Å². The fourth-order valence-corrected chi connectivity index (χ4v) is 1.82. The first kappa shape index (κ1) is 11.8. The normalized spacial score (nSPS) is 22.0. The van der Waals surface area contributed by atoms with Crippen LogP contribution < -0.4 is 16.4 Å². The molecule has 4 heteroatoms. The number of anilines is 2.